The van der Waals surface area contributed by atoms with Crippen LogP contribution in [0.2, 0.25) is 0 Å². The normalized spacial score (nSPS) is 24.8. The van der Waals surface area contributed by atoms with Gasteiger partial charge >= 0.3 is 0 Å². The number of hydrogen-bond acceptors (Lipinski definition) is 8. The Hall–Kier alpha value is -5.08. The van der Waals surface area contributed by atoms with Crippen LogP contribution < -0.4 is 26.6 Å². The van der Waals surface area contributed by atoms with Crippen LogP contribution in [0.25, 0.3) is 10.4 Å². The quantitative estimate of drug-likeness (QED) is 0.215. The van der Waals surface area contributed by atoms with Gasteiger partial charge in [0.15, 0.2) is 0 Å². The Morgan fingerprint density at radius 1 is 0.904 bits per heavy atom. The first kappa shape index (κ1) is 38.2. The van der Waals surface area contributed by atoms with Crippen LogP contribution in [0.15, 0.2) is 66.7 Å². The molecule has 5 rings (SSSR count). The number of aliphatic hydroxyl groups is 1. The third-order valence-corrected chi connectivity index (χ3v) is 10.5. The number of amides is 6. The molecule has 2 aromatic carbocycles. The van der Waals surface area contributed by atoms with Gasteiger partial charge < -0.3 is 36.6 Å². The van der Waals surface area contributed by atoms with Crippen molar-refractivity contribution >= 4 is 46.8 Å². The molecule has 0 unspecified atom stereocenters. The van der Waals surface area contributed by atoms with E-state index in [-0.39, 0.29) is 37.6 Å². The van der Waals surface area contributed by atoms with Gasteiger partial charge in [-0.2, -0.15) is 0 Å². The summed E-state index contributed by atoms with van der Waals surface area (Å²) in [5, 5.41) is 24.2. The van der Waals surface area contributed by atoms with Crippen molar-refractivity contribution in [3.05, 3.63) is 82.7 Å². The molecule has 1 aromatic heterocycles. The highest BCUT2D eigenvalue weighted by molar-refractivity contribution is 7.17. The van der Waals surface area contributed by atoms with Gasteiger partial charge in [-0.05, 0) is 55.4 Å². The van der Waals surface area contributed by atoms with Gasteiger partial charge in [0.05, 0.1) is 23.9 Å². The number of nitrogens with one attached hydrogen (secondary N) is 5. The van der Waals surface area contributed by atoms with E-state index < -0.39 is 72.4 Å². The van der Waals surface area contributed by atoms with E-state index in [0.717, 1.165) is 16.0 Å². The second-order valence-corrected chi connectivity index (χ2v) is 14.9. The second kappa shape index (κ2) is 17.0. The minimum atomic E-state index is -1.44. The fraction of sp³-hybridized carbons (Fsp3) is 0.421. The highest BCUT2D eigenvalue weighted by Gasteiger charge is 2.44. The SMILES string of the molecule is Cc1cc(C(=O)N[C@H]2C[C@H]3C(=O)N[C@@H](C)C(=O)N[C@@H](c4ccccc4)CC(=O)N[C@@H](CC(C)C)C(=O)N[C@H](CO)C(=O)N3C2)sc1-c1ccccc1. The molecule has 6 N–H and O–H groups in total. The van der Waals surface area contributed by atoms with Gasteiger partial charge in [-0.1, -0.05) is 74.5 Å². The van der Waals surface area contributed by atoms with Crippen molar-refractivity contribution < 1.29 is 33.9 Å². The number of nitrogens with zero attached hydrogens (tertiary/aromatic N) is 1. The van der Waals surface area contributed by atoms with Gasteiger partial charge in [-0.15, -0.1) is 11.3 Å². The zero-order valence-electron chi connectivity index (χ0n) is 29.7. The molecule has 13 nitrogen and oxygen atoms in total. The Bertz CT molecular complexity index is 1780. The standard InChI is InChI=1S/C38H46N6O7S/c1-21(2)15-28-35(48)43-29(20-45)38(51)44-19-26(40-37(50)31-16-22(3)33(52-31)25-13-9-6-10-14-25)17-30(44)36(49)39-23(4)34(47)42-27(18-32(46)41-28)24-11-7-5-8-12-24/h5-14,16,21,23,26-30,45H,15,17-20H2,1-4H3,(H,39,49)(H,40,50)(H,41,46)(H,42,47)(H,43,48)/t23-,26-,27+,28-,29+,30-/m0/s1. The lowest BCUT2D eigenvalue weighted by Gasteiger charge is -2.30. The molecule has 2 aliphatic heterocycles. The molecule has 14 heteroatoms. The van der Waals surface area contributed by atoms with Crippen LogP contribution in [0.5, 0.6) is 0 Å². The number of carbonyl (C=O) groups excluding carboxylic acids is 6. The van der Waals surface area contributed by atoms with Crippen LogP contribution in [0.4, 0.5) is 0 Å². The van der Waals surface area contributed by atoms with E-state index in [4.69, 9.17) is 0 Å². The van der Waals surface area contributed by atoms with Gasteiger partial charge in [-0.3, -0.25) is 28.8 Å². The van der Waals surface area contributed by atoms with Crippen molar-refractivity contribution in [3.63, 3.8) is 0 Å². The Kier molecular flexibility index (Phi) is 12.4. The Labute approximate surface area is 306 Å². The average Bonchev–Trinajstić information content (AvgIpc) is 3.73. The summed E-state index contributed by atoms with van der Waals surface area (Å²) in [6, 6.07) is 14.2. The summed E-state index contributed by atoms with van der Waals surface area (Å²) in [5.74, 6) is -3.53. The molecule has 0 spiro atoms. The predicted molar refractivity (Wildman–Crippen MR) is 196 cm³/mol. The first-order valence-corrected chi connectivity index (χ1v) is 18.3. The van der Waals surface area contributed by atoms with Gasteiger partial charge in [0, 0.05) is 17.5 Å². The number of rotatable bonds is 7. The number of fused-ring (bicyclic) bond motifs is 1. The van der Waals surface area contributed by atoms with Crippen molar-refractivity contribution in [1.82, 2.24) is 31.5 Å². The highest BCUT2D eigenvalue weighted by Crippen LogP contribution is 2.32. The maximum atomic E-state index is 14.0. The lowest BCUT2D eigenvalue weighted by Crippen LogP contribution is -2.59. The Balaban J connectivity index is 1.42. The molecule has 6 amide bonds. The first-order chi connectivity index (χ1) is 24.8. The smallest absolute Gasteiger partial charge is 0.261 e. The van der Waals surface area contributed by atoms with Crippen molar-refractivity contribution in [2.45, 2.75) is 83.2 Å². The zero-order chi connectivity index (χ0) is 37.5. The molecule has 0 bridgehead atoms. The summed E-state index contributed by atoms with van der Waals surface area (Å²) in [5.41, 5.74) is 2.56. The van der Waals surface area contributed by atoms with Gasteiger partial charge in [0.1, 0.15) is 24.2 Å². The van der Waals surface area contributed by atoms with E-state index in [2.05, 4.69) is 26.6 Å². The predicted octanol–water partition coefficient (Wildman–Crippen LogP) is 2.20. The fourth-order valence-electron chi connectivity index (χ4n) is 6.57. The summed E-state index contributed by atoms with van der Waals surface area (Å²) in [7, 11) is 0. The average molecular weight is 731 g/mol. The summed E-state index contributed by atoms with van der Waals surface area (Å²) >= 11 is 1.34. The molecule has 3 heterocycles. The molecule has 52 heavy (non-hydrogen) atoms. The van der Waals surface area contributed by atoms with E-state index in [1.165, 1.54) is 23.2 Å². The molecular formula is C38H46N6O7S. The fourth-order valence-corrected chi connectivity index (χ4v) is 7.65. The third-order valence-electron chi connectivity index (χ3n) is 9.22. The molecule has 0 radical (unpaired) electrons. The minimum absolute atomic E-state index is 0.0256. The van der Waals surface area contributed by atoms with Gasteiger partial charge in [0.25, 0.3) is 5.91 Å². The maximum absolute atomic E-state index is 14.0. The van der Waals surface area contributed by atoms with E-state index in [1.807, 2.05) is 51.1 Å². The van der Waals surface area contributed by atoms with Crippen LogP contribution in [0.1, 0.15) is 66.9 Å². The van der Waals surface area contributed by atoms with Crippen LogP contribution >= 0.6 is 11.3 Å². The molecule has 2 saturated heterocycles. The molecular weight excluding hydrogens is 685 g/mol. The summed E-state index contributed by atoms with van der Waals surface area (Å²) in [4.78, 5) is 84.4. The number of carbonyl (C=O) groups is 6. The molecule has 3 aromatic rings. The van der Waals surface area contributed by atoms with Crippen molar-refractivity contribution in [1.29, 1.82) is 0 Å². The lowest BCUT2D eigenvalue weighted by atomic mass is 10.00. The van der Waals surface area contributed by atoms with Gasteiger partial charge in [-0.25, -0.2) is 0 Å². The molecule has 0 saturated carbocycles. The monoisotopic (exact) mass is 730 g/mol. The zero-order valence-corrected chi connectivity index (χ0v) is 30.5. The van der Waals surface area contributed by atoms with Crippen LogP contribution in [0.3, 0.4) is 0 Å². The van der Waals surface area contributed by atoms with E-state index >= 15 is 0 Å². The Morgan fingerprint density at radius 3 is 2.23 bits per heavy atom. The molecule has 6 atom stereocenters. The van der Waals surface area contributed by atoms with Crippen LogP contribution in [-0.2, 0) is 24.0 Å². The summed E-state index contributed by atoms with van der Waals surface area (Å²) in [6.07, 6.45) is 0.0632. The maximum Gasteiger partial charge on any atom is 0.261 e. The molecule has 2 aliphatic rings. The van der Waals surface area contributed by atoms with Crippen molar-refractivity contribution in [2.24, 2.45) is 5.92 Å². The van der Waals surface area contributed by atoms with E-state index in [9.17, 15) is 33.9 Å². The number of thiophene rings is 1. The molecule has 0 aliphatic carbocycles. The Morgan fingerprint density at radius 2 is 1.58 bits per heavy atom. The van der Waals surface area contributed by atoms with Crippen molar-refractivity contribution in [3.8, 4) is 10.4 Å². The number of aliphatic hydroxyl groups excluding tert-OH is 1. The van der Waals surface area contributed by atoms with Crippen molar-refractivity contribution in [2.75, 3.05) is 13.2 Å². The minimum Gasteiger partial charge on any atom is -0.394 e. The van der Waals surface area contributed by atoms with E-state index in [0.29, 0.717) is 10.4 Å². The third kappa shape index (κ3) is 9.22. The van der Waals surface area contributed by atoms with Gasteiger partial charge in [0.2, 0.25) is 29.5 Å². The lowest BCUT2D eigenvalue weighted by molar-refractivity contribution is -0.143. The topological polar surface area (TPSA) is 186 Å². The molecule has 2 fully saturated rings. The molecule has 276 valence electrons. The highest BCUT2D eigenvalue weighted by atomic mass is 32.1. The van der Waals surface area contributed by atoms with E-state index in [1.54, 1.807) is 36.4 Å². The number of hydrogen-bond donors (Lipinski definition) is 6. The second-order valence-electron chi connectivity index (χ2n) is 13.8. The van der Waals surface area contributed by atoms with Crippen LogP contribution in [0, 0.1) is 12.8 Å². The first-order valence-electron chi connectivity index (χ1n) is 17.5. The largest absolute Gasteiger partial charge is 0.394 e. The summed E-state index contributed by atoms with van der Waals surface area (Å²) in [6.45, 7) is 6.31. The number of benzene rings is 2. The summed E-state index contributed by atoms with van der Waals surface area (Å²) < 4.78 is 0. The number of aryl methyl sites for hydroxylation is 1. The van der Waals surface area contributed by atoms with Crippen LogP contribution in [-0.4, -0.2) is 88.8 Å².